The smallest absolute Gasteiger partial charge is 0.219 e. The average molecular weight is 641 g/mol. The minimum Gasteiger partial charge on any atom is -0.473 e. The Bertz CT molecular complexity index is 1710. The van der Waals surface area contributed by atoms with Crippen LogP contribution >= 0.6 is 0 Å². The highest BCUT2D eigenvalue weighted by molar-refractivity contribution is 5.67. The number of hydrogen-bond acceptors (Lipinski definition) is 12. The lowest BCUT2D eigenvalue weighted by atomic mass is 9.61. The Morgan fingerprint density at radius 2 is 2.00 bits per heavy atom. The molecule has 5 heterocycles. The van der Waals surface area contributed by atoms with Crippen LogP contribution in [0.4, 0.5) is 11.5 Å². The maximum Gasteiger partial charge on any atom is 0.219 e. The highest BCUT2D eigenvalue weighted by Crippen LogP contribution is 2.53. The highest BCUT2D eigenvalue weighted by atomic mass is 16.5. The van der Waals surface area contributed by atoms with Gasteiger partial charge in [-0.1, -0.05) is 11.2 Å². The van der Waals surface area contributed by atoms with Gasteiger partial charge in [0, 0.05) is 50.6 Å². The molecule has 47 heavy (non-hydrogen) atoms. The predicted molar refractivity (Wildman–Crippen MR) is 175 cm³/mol. The molecule has 2 spiro atoms. The van der Waals surface area contributed by atoms with E-state index >= 15 is 0 Å². The van der Waals surface area contributed by atoms with E-state index in [0.717, 1.165) is 93.8 Å². The molecule has 2 aliphatic carbocycles. The van der Waals surface area contributed by atoms with Crippen LogP contribution < -0.4 is 20.7 Å². The number of benzene rings is 1. The van der Waals surface area contributed by atoms with Crippen molar-refractivity contribution in [3.8, 4) is 23.5 Å². The summed E-state index contributed by atoms with van der Waals surface area (Å²) in [4.78, 5) is 14.8. The van der Waals surface area contributed by atoms with Crippen molar-refractivity contribution < 1.29 is 18.7 Å². The van der Waals surface area contributed by atoms with Gasteiger partial charge in [0.2, 0.25) is 5.88 Å². The van der Waals surface area contributed by atoms with Crippen LogP contribution in [-0.2, 0) is 27.7 Å². The van der Waals surface area contributed by atoms with Crippen LogP contribution in [0.25, 0.3) is 11.5 Å². The van der Waals surface area contributed by atoms with Crippen LogP contribution in [0.3, 0.4) is 0 Å². The van der Waals surface area contributed by atoms with E-state index in [0.29, 0.717) is 41.9 Å². The van der Waals surface area contributed by atoms with Gasteiger partial charge in [-0.05, 0) is 76.1 Å². The first kappa shape index (κ1) is 30.6. The summed E-state index contributed by atoms with van der Waals surface area (Å²) < 4.78 is 24.4. The van der Waals surface area contributed by atoms with E-state index in [-0.39, 0.29) is 23.8 Å². The molecule has 3 aromatic rings. The molecule has 12 nitrogen and oxygen atoms in total. The van der Waals surface area contributed by atoms with Crippen LogP contribution in [0.5, 0.6) is 5.88 Å². The van der Waals surface area contributed by atoms with Gasteiger partial charge >= 0.3 is 0 Å². The van der Waals surface area contributed by atoms with Crippen LogP contribution in [0.2, 0.25) is 0 Å². The maximum atomic E-state index is 10.2. The van der Waals surface area contributed by atoms with Crippen LogP contribution in [0, 0.1) is 11.3 Å². The number of nitrogens with zero attached hydrogens (tertiary/aromatic N) is 6. The fourth-order valence-corrected chi connectivity index (χ4v) is 9.04. The van der Waals surface area contributed by atoms with E-state index in [2.05, 4.69) is 41.2 Å². The molecular formula is C35H44N8O4. The Morgan fingerprint density at radius 1 is 1.17 bits per heavy atom. The standard InChI is InChI=1S/C35H44N8O4/c1-21(31-26(44-3)10-14-42(31)2)46-28-16-27(43-15-13-38-34(18-43)19-45-20-34)39-33(40-28)30-23-7-5-12-35(32(23)47-41-30)11-4-6-22-8-9-25(37)24(17-36)29(22)35/h8-9,16,21,26,31,38H,4-7,10-15,18-20,37H2,1-3H3/t21-,26-,31+,35+/m0/s1. The van der Waals surface area contributed by atoms with Gasteiger partial charge in [0.1, 0.15) is 18.0 Å². The van der Waals surface area contributed by atoms with E-state index in [1.54, 1.807) is 7.11 Å². The monoisotopic (exact) mass is 640 g/mol. The minimum atomic E-state index is -0.449. The lowest BCUT2D eigenvalue weighted by Crippen LogP contribution is -2.70. The largest absolute Gasteiger partial charge is 0.473 e. The first-order valence-electron chi connectivity index (χ1n) is 17.0. The van der Waals surface area contributed by atoms with E-state index in [4.69, 9.17) is 39.6 Å². The van der Waals surface area contributed by atoms with Gasteiger partial charge in [-0.25, -0.2) is 4.98 Å². The lowest BCUT2D eigenvalue weighted by molar-refractivity contribution is -0.0743. The summed E-state index contributed by atoms with van der Waals surface area (Å²) in [6, 6.07) is 8.43. The summed E-state index contributed by atoms with van der Waals surface area (Å²) in [6.45, 7) is 6.84. The second-order valence-corrected chi connectivity index (χ2v) is 14.2. The van der Waals surface area contributed by atoms with E-state index < -0.39 is 5.41 Å². The predicted octanol–water partition coefficient (Wildman–Crippen LogP) is 3.21. The number of anilines is 2. The van der Waals surface area contributed by atoms with Crippen molar-refractivity contribution in [3.05, 3.63) is 46.2 Å². The molecule has 2 aromatic heterocycles. The number of nitrogen functional groups attached to an aromatic ring is 1. The summed E-state index contributed by atoms with van der Waals surface area (Å²) in [5.74, 6) is 2.64. The number of nitriles is 1. The van der Waals surface area contributed by atoms with Crippen LogP contribution in [0.1, 0.15) is 67.0 Å². The molecule has 3 N–H and O–H groups in total. The van der Waals surface area contributed by atoms with Gasteiger partial charge in [0.05, 0.1) is 41.9 Å². The molecule has 4 atom stereocenters. The summed E-state index contributed by atoms with van der Waals surface area (Å²) in [5.41, 5.74) is 10.8. The molecule has 12 heteroatoms. The Kier molecular flexibility index (Phi) is 7.63. The van der Waals surface area contributed by atoms with Crippen molar-refractivity contribution in [2.24, 2.45) is 0 Å². The number of methoxy groups -OCH3 is 1. The first-order valence-corrected chi connectivity index (χ1v) is 17.0. The zero-order valence-corrected chi connectivity index (χ0v) is 27.6. The molecule has 3 aliphatic heterocycles. The Labute approximate surface area is 275 Å². The number of rotatable bonds is 6. The van der Waals surface area contributed by atoms with Gasteiger partial charge in [-0.3, -0.25) is 4.90 Å². The Hall–Kier alpha value is -3.76. The summed E-state index contributed by atoms with van der Waals surface area (Å²) in [6.07, 6.45) is 6.31. The number of fused-ring (bicyclic) bond motifs is 4. The number of aromatic nitrogens is 3. The number of likely N-dealkylation sites (N-methyl/N-ethyl adjacent to an activating group) is 1. The third kappa shape index (κ3) is 4.98. The van der Waals surface area contributed by atoms with Crippen LogP contribution in [-0.4, -0.2) is 97.4 Å². The van der Waals surface area contributed by atoms with Gasteiger partial charge in [0.15, 0.2) is 17.3 Å². The number of nitrogens with two attached hydrogens (primary N) is 1. The molecule has 0 saturated carbocycles. The molecule has 8 rings (SSSR count). The Morgan fingerprint density at radius 3 is 2.77 bits per heavy atom. The second kappa shape index (κ2) is 11.7. The van der Waals surface area contributed by atoms with Gasteiger partial charge < -0.3 is 34.7 Å². The number of nitrogens with one attached hydrogen (secondary N) is 1. The summed E-state index contributed by atoms with van der Waals surface area (Å²) in [7, 11) is 3.89. The van der Waals surface area contributed by atoms with Crippen molar-refractivity contribution in [2.45, 2.75) is 81.1 Å². The van der Waals surface area contributed by atoms with Crippen LogP contribution in [0.15, 0.2) is 22.7 Å². The van der Waals surface area contributed by atoms with Crippen molar-refractivity contribution in [1.82, 2.24) is 25.3 Å². The molecule has 3 fully saturated rings. The SMILES string of the molecule is CO[C@H]1CCN(C)[C@@H]1[C@H](C)Oc1cc(N2CCNC3(COC3)C2)nc(-c2noc3c2CCC[C@@]32CCCc3ccc(N)c(C#N)c32)n1. The molecule has 5 aliphatic rings. The normalized spacial score (nSPS) is 27.2. The fourth-order valence-electron chi connectivity index (χ4n) is 9.04. The molecular weight excluding hydrogens is 596 g/mol. The lowest BCUT2D eigenvalue weighted by Gasteiger charge is -2.49. The second-order valence-electron chi connectivity index (χ2n) is 14.2. The van der Waals surface area contributed by atoms with Gasteiger partial charge in [-0.15, -0.1) is 0 Å². The number of ether oxygens (including phenoxy) is 3. The first-order chi connectivity index (χ1) is 22.8. The zero-order valence-electron chi connectivity index (χ0n) is 27.6. The summed E-state index contributed by atoms with van der Waals surface area (Å²) in [5, 5.41) is 18.6. The molecule has 0 bridgehead atoms. The molecule has 248 valence electrons. The van der Waals surface area contributed by atoms with Crippen molar-refractivity contribution in [1.29, 1.82) is 5.26 Å². The van der Waals surface area contributed by atoms with Gasteiger partial charge in [-0.2, -0.15) is 10.2 Å². The minimum absolute atomic E-state index is 0.0655. The van der Waals surface area contributed by atoms with Crippen molar-refractivity contribution in [2.75, 3.05) is 64.2 Å². The summed E-state index contributed by atoms with van der Waals surface area (Å²) >= 11 is 0. The molecule has 3 saturated heterocycles. The third-order valence-electron chi connectivity index (χ3n) is 11.3. The average Bonchev–Trinajstić information content (AvgIpc) is 3.68. The molecule has 1 aromatic carbocycles. The van der Waals surface area contributed by atoms with E-state index in [1.165, 1.54) is 5.56 Å². The molecule has 0 amide bonds. The van der Waals surface area contributed by atoms with E-state index in [9.17, 15) is 5.26 Å². The number of hydrogen-bond donors (Lipinski definition) is 2. The topological polar surface area (TPSA) is 148 Å². The Balaban J connectivity index is 1.21. The number of piperazine rings is 1. The van der Waals surface area contributed by atoms with E-state index in [1.807, 2.05) is 12.1 Å². The highest BCUT2D eigenvalue weighted by Gasteiger charge is 2.48. The fraction of sp³-hybridized carbons (Fsp3) is 0.600. The van der Waals surface area contributed by atoms with Crippen molar-refractivity contribution >= 4 is 11.5 Å². The van der Waals surface area contributed by atoms with Gasteiger partial charge in [0.25, 0.3) is 0 Å². The quantitative estimate of drug-likeness (QED) is 0.381. The molecule has 0 unspecified atom stereocenters. The number of aryl methyl sites for hydroxylation is 1. The zero-order chi connectivity index (χ0) is 32.3. The third-order valence-corrected chi connectivity index (χ3v) is 11.3. The van der Waals surface area contributed by atoms with Crippen molar-refractivity contribution in [3.63, 3.8) is 0 Å². The number of likely N-dealkylation sites (tertiary alicyclic amines) is 1. The maximum absolute atomic E-state index is 10.2. The molecule has 0 radical (unpaired) electrons.